The molecule has 1 heterocycles. The molecule has 4 nitrogen and oxygen atoms in total. The summed E-state index contributed by atoms with van der Waals surface area (Å²) in [5.41, 5.74) is 0. The largest absolute Gasteiger partial charge is 0.481 e. The zero-order valence-electron chi connectivity index (χ0n) is 7.97. The number of amides is 1. The Morgan fingerprint density at radius 1 is 1.60 bits per heavy atom. The number of aliphatic carboxylic acids is 1. The van der Waals surface area contributed by atoms with E-state index >= 15 is 0 Å². The van der Waals surface area contributed by atoms with Crippen molar-refractivity contribution in [2.75, 3.05) is 6.54 Å². The highest BCUT2D eigenvalue weighted by atomic mass is 32.1. The molecule has 0 aromatic carbocycles. The van der Waals surface area contributed by atoms with Gasteiger partial charge in [-0.15, -0.1) is 11.3 Å². The molecule has 0 saturated heterocycles. The van der Waals surface area contributed by atoms with Crippen molar-refractivity contribution >= 4 is 23.2 Å². The second-order valence-electron chi connectivity index (χ2n) is 3.63. The zero-order valence-corrected chi connectivity index (χ0v) is 8.79. The van der Waals surface area contributed by atoms with Gasteiger partial charge in [-0.3, -0.25) is 9.59 Å². The molecule has 1 aromatic rings. The quantitative estimate of drug-likeness (QED) is 0.809. The number of thiophene rings is 1. The minimum atomic E-state index is -0.759. The fourth-order valence-electron chi connectivity index (χ4n) is 1.49. The maximum Gasteiger partial charge on any atom is 0.306 e. The van der Waals surface area contributed by atoms with Gasteiger partial charge in [0.05, 0.1) is 10.8 Å². The summed E-state index contributed by atoms with van der Waals surface area (Å²) >= 11 is 1.38. The molecule has 1 aliphatic rings. The lowest BCUT2D eigenvalue weighted by molar-refractivity contribution is -0.138. The number of carbonyl (C=O) groups is 2. The molecule has 5 heteroatoms. The molecule has 1 saturated carbocycles. The van der Waals surface area contributed by atoms with Crippen LogP contribution < -0.4 is 5.32 Å². The number of nitrogens with one attached hydrogen (secondary N) is 1. The van der Waals surface area contributed by atoms with E-state index in [-0.39, 0.29) is 17.7 Å². The molecular formula is C10H11NO3S. The predicted octanol–water partition coefficient (Wildman–Crippen LogP) is 1.20. The van der Waals surface area contributed by atoms with Gasteiger partial charge in [0.1, 0.15) is 0 Å². The molecule has 1 aromatic heterocycles. The van der Waals surface area contributed by atoms with Crippen LogP contribution in [0.25, 0.3) is 0 Å². The van der Waals surface area contributed by atoms with Gasteiger partial charge >= 0.3 is 5.97 Å². The van der Waals surface area contributed by atoms with Crippen LogP contribution in [-0.2, 0) is 4.79 Å². The summed E-state index contributed by atoms with van der Waals surface area (Å²) in [6.07, 6.45) is 0.681. The van der Waals surface area contributed by atoms with E-state index in [0.717, 1.165) is 0 Å². The molecule has 15 heavy (non-hydrogen) atoms. The Hall–Kier alpha value is -1.36. The molecule has 1 aliphatic carbocycles. The van der Waals surface area contributed by atoms with Crippen molar-refractivity contribution in [2.45, 2.75) is 6.42 Å². The first-order chi connectivity index (χ1) is 7.18. The van der Waals surface area contributed by atoms with E-state index in [0.29, 0.717) is 17.8 Å². The van der Waals surface area contributed by atoms with E-state index in [1.54, 1.807) is 6.07 Å². The number of carbonyl (C=O) groups excluding carboxylic acids is 1. The molecule has 1 fully saturated rings. The highest BCUT2D eigenvalue weighted by Crippen LogP contribution is 2.37. The average molecular weight is 225 g/mol. The first-order valence-corrected chi connectivity index (χ1v) is 5.61. The first kappa shape index (κ1) is 10.2. The third kappa shape index (κ3) is 2.36. The molecule has 0 bridgehead atoms. The van der Waals surface area contributed by atoms with Gasteiger partial charge in [0.25, 0.3) is 5.91 Å². The third-order valence-electron chi connectivity index (χ3n) is 2.51. The van der Waals surface area contributed by atoms with E-state index in [2.05, 4.69) is 5.32 Å². The molecule has 2 rings (SSSR count). The van der Waals surface area contributed by atoms with Gasteiger partial charge in [0, 0.05) is 6.54 Å². The van der Waals surface area contributed by atoms with Crippen LogP contribution in [0.3, 0.4) is 0 Å². The van der Waals surface area contributed by atoms with Crippen LogP contribution in [-0.4, -0.2) is 23.5 Å². The van der Waals surface area contributed by atoms with Gasteiger partial charge in [-0.25, -0.2) is 0 Å². The molecular weight excluding hydrogens is 214 g/mol. The lowest BCUT2D eigenvalue weighted by Crippen LogP contribution is -2.25. The van der Waals surface area contributed by atoms with Crippen molar-refractivity contribution in [1.29, 1.82) is 0 Å². The molecule has 2 N–H and O–H groups in total. The Morgan fingerprint density at radius 2 is 2.40 bits per heavy atom. The SMILES string of the molecule is O=C(NC[C@H]1C[C@H]1C(=O)O)c1cccs1. The second kappa shape index (κ2) is 4.02. The summed E-state index contributed by atoms with van der Waals surface area (Å²) in [7, 11) is 0. The second-order valence-corrected chi connectivity index (χ2v) is 4.58. The van der Waals surface area contributed by atoms with Crippen molar-refractivity contribution in [1.82, 2.24) is 5.32 Å². The molecule has 0 aliphatic heterocycles. The molecule has 0 unspecified atom stereocenters. The summed E-state index contributed by atoms with van der Waals surface area (Å²) in [5.74, 6) is -1.01. The normalized spacial score (nSPS) is 23.5. The Labute approximate surface area is 90.9 Å². The number of rotatable bonds is 4. The molecule has 0 spiro atoms. The predicted molar refractivity (Wildman–Crippen MR) is 55.9 cm³/mol. The molecule has 1 amide bonds. The van der Waals surface area contributed by atoms with Crippen LogP contribution in [0.1, 0.15) is 16.1 Å². The van der Waals surface area contributed by atoms with Gasteiger partial charge in [0.2, 0.25) is 0 Å². The Balaban J connectivity index is 1.76. The van der Waals surface area contributed by atoms with E-state index < -0.39 is 5.97 Å². The topological polar surface area (TPSA) is 66.4 Å². The van der Waals surface area contributed by atoms with Gasteiger partial charge in [-0.05, 0) is 23.8 Å². The summed E-state index contributed by atoms with van der Waals surface area (Å²) in [5, 5.41) is 13.2. The molecule has 2 atom stereocenters. The van der Waals surface area contributed by atoms with Crippen molar-refractivity contribution in [3.05, 3.63) is 22.4 Å². The number of hydrogen-bond donors (Lipinski definition) is 2. The summed E-state index contributed by atoms with van der Waals surface area (Å²) in [6, 6.07) is 3.57. The lowest BCUT2D eigenvalue weighted by Gasteiger charge is -2.01. The lowest BCUT2D eigenvalue weighted by atomic mass is 10.3. The maximum absolute atomic E-state index is 11.5. The average Bonchev–Trinajstić information content (AvgIpc) is 2.78. The van der Waals surface area contributed by atoms with E-state index in [4.69, 9.17) is 5.11 Å². The van der Waals surface area contributed by atoms with Crippen molar-refractivity contribution in [3.63, 3.8) is 0 Å². The Kier molecular flexibility index (Phi) is 2.73. The summed E-state index contributed by atoms with van der Waals surface area (Å²) < 4.78 is 0. The highest BCUT2D eigenvalue weighted by molar-refractivity contribution is 7.12. The number of carboxylic acid groups (broad SMARTS) is 1. The van der Waals surface area contributed by atoms with Crippen LogP contribution in [0, 0.1) is 11.8 Å². The van der Waals surface area contributed by atoms with E-state index in [1.807, 2.05) is 11.4 Å². The van der Waals surface area contributed by atoms with Crippen molar-refractivity contribution in [3.8, 4) is 0 Å². The van der Waals surface area contributed by atoms with Crippen molar-refractivity contribution < 1.29 is 14.7 Å². The molecule has 0 radical (unpaired) electrons. The number of hydrogen-bond acceptors (Lipinski definition) is 3. The van der Waals surface area contributed by atoms with Crippen molar-refractivity contribution in [2.24, 2.45) is 11.8 Å². The highest BCUT2D eigenvalue weighted by Gasteiger charge is 2.42. The van der Waals surface area contributed by atoms with Gasteiger partial charge in [0.15, 0.2) is 0 Å². The van der Waals surface area contributed by atoms with Crippen LogP contribution in [0.5, 0.6) is 0 Å². The van der Waals surface area contributed by atoms with Crippen LogP contribution in [0.15, 0.2) is 17.5 Å². The van der Waals surface area contributed by atoms with E-state index in [9.17, 15) is 9.59 Å². The standard InChI is InChI=1S/C10H11NO3S/c12-9(8-2-1-3-15-8)11-5-6-4-7(6)10(13)14/h1-3,6-7H,4-5H2,(H,11,12)(H,13,14)/t6-,7-/m1/s1. The number of carboxylic acids is 1. The zero-order chi connectivity index (χ0) is 10.8. The first-order valence-electron chi connectivity index (χ1n) is 4.73. The fraction of sp³-hybridized carbons (Fsp3) is 0.400. The monoisotopic (exact) mass is 225 g/mol. The smallest absolute Gasteiger partial charge is 0.306 e. The summed E-state index contributed by atoms with van der Waals surface area (Å²) in [6.45, 7) is 0.466. The van der Waals surface area contributed by atoms with Gasteiger partial charge in [-0.1, -0.05) is 6.07 Å². The van der Waals surface area contributed by atoms with Crippen LogP contribution in [0.4, 0.5) is 0 Å². The minimum Gasteiger partial charge on any atom is -0.481 e. The van der Waals surface area contributed by atoms with Crippen LogP contribution >= 0.6 is 11.3 Å². The maximum atomic E-state index is 11.5. The minimum absolute atomic E-state index is 0.110. The fourth-order valence-corrected chi connectivity index (χ4v) is 2.13. The summed E-state index contributed by atoms with van der Waals surface area (Å²) in [4.78, 5) is 22.7. The molecule has 80 valence electrons. The van der Waals surface area contributed by atoms with Gasteiger partial charge in [-0.2, -0.15) is 0 Å². The van der Waals surface area contributed by atoms with E-state index in [1.165, 1.54) is 11.3 Å². The van der Waals surface area contributed by atoms with Gasteiger partial charge < -0.3 is 10.4 Å². The Morgan fingerprint density at radius 3 is 2.93 bits per heavy atom. The van der Waals surface area contributed by atoms with Crippen LogP contribution in [0.2, 0.25) is 0 Å². The Bertz CT molecular complexity index is 374. The third-order valence-corrected chi connectivity index (χ3v) is 3.38.